The molecule has 60 valence electrons. The SMILES string of the molecule is N#C[C@H]1CCc2ccc(Br)cc21. The summed E-state index contributed by atoms with van der Waals surface area (Å²) < 4.78 is 1.07. The Labute approximate surface area is 80.1 Å². The van der Waals surface area contributed by atoms with E-state index in [1.54, 1.807) is 0 Å². The lowest BCUT2D eigenvalue weighted by molar-refractivity contribution is 0.825. The topological polar surface area (TPSA) is 23.8 Å². The lowest BCUT2D eigenvalue weighted by Crippen LogP contribution is -1.87. The summed E-state index contributed by atoms with van der Waals surface area (Å²) >= 11 is 3.41. The van der Waals surface area contributed by atoms with Gasteiger partial charge in [-0.3, -0.25) is 0 Å². The van der Waals surface area contributed by atoms with Gasteiger partial charge in [0, 0.05) is 4.47 Å². The maximum Gasteiger partial charge on any atom is 0.0718 e. The van der Waals surface area contributed by atoms with Gasteiger partial charge in [-0.15, -0.1) is 0 Å². The summed E-state index contributed by atoms with van der Waals surface area (Å²) in [6, 6.07) is 8.54. The van der Waals surface area contributed by atoms with E-state index >= 15 is 0 Å². The Kier molecular flexibility index (Phi) is 1.90. The fourth-order valence-corrected chi connectivity index (χ4v) is 2.09. The summed E-state index contributed by atoms with van der Waals surface area (Å²) in [4.78, 5) is 0. The Balaban J connectivity index is 2.51. The van der Waals surface area contributed by atoms with Crippen LogP contribution in [-0.4, -0.2) is 0 Å². The Morgan fingerprint density at radius 3 is 3.08 bits per heavy atom. The number of nitriles is 1. The summed E-state index contributed by atoms with van der Waals surface area (Å²) in [5.74, 6) is 0.123. The molecular weight excluding hydrogens is 214 g/mol. The predicted molar refractivity (Wildman–Crippen MR) is 50.8 cm³/mol. The maximum atomic E-state index is 8.84. The van der Waals surface area contributed by atoms with E-state index in [9.17, 15) is 0 Å². The van der Waals surface area contributed by atoms with Crippen molar-refractivity contribution >= 4 is 15.9 Å². The zero-order valence-corrected chi connectivity index (χ0v) is 8.13. The predicted octanol–water partition coefficient (Wildman–Crippen LogP) is 3.00. The molecule has 0 fully saturated rings. The highest BCUT2D eigenvalue weighted by molar-refractivity contribution is 9.10. The minimum absolute atomic E-state index is 0.123. The van der Waals surface area contributed by atoms with Crippen LogP contribution in [0.5, 0.6) is 0 Å². The molecule has 0 bridgehead atoms. The smallest absolute Gasteiger partial charge is 0.0718 e. The summed E-state index contributed by atoms with van der Waals surface area (Å²) in [6.07, 6.45) is 2.04. The second-order valence-electron chi connectivity index (χ2n) is 3.06. The summed E-state index contributed by atoms with van der Waals surface area (Å²) in [5, 5.41) is 8.84. The van der Waals surface area contributed by atoms with Crippen LogP contribution in [0.2, 0.25) is 0 Å². The maximum absolute atomic E-state index is 8.84. The first-order valence-corrected chi connectivity index (χ1v) is 4.78. The molecule has 1 aliphatic carbocycles. The van der Waals surface area contributed by atoms with E-state index < -0.39 is 0 Å². The first-order valence-electron chi connectivity index (χ1n) is 3.99. The lowest BCUT2D eigenvalue weighted by Gasteiger charge is -2.01. The van der Waals surface area contributed by atoms with Crippen LogP contribution in [0.1, 0.15) is 23.5 Å². The van der Waals surface area contributed by atoms with Gasteiger partial charge < -0.3 is 0 Å². The van der Waals surface area contributed by atoms with Crippen molar-refractivity contribution in [2.24, 2.45) is 0 Å². The number of aryl methyl sites for hydroxylation is 1. The largest absolute Gasteiger partial charge is 0.198 e. The molecule has 2 heteroatoms. The van der Waals surface area contributed by atoms with Crippen molar-refractivity contribution in [2.45, 2.75) is 18.8 Å². The van der Waals surface area contributed by atoms with Gasteiger partial charge in [-0.2, -0.15) is 5.26 Å². The molecule has 0 unspecified atom stereocenters. The number of nitrogens with zero attached hydrogens (tertiary/aromatic N) is 1. The summed E-state index contributed by atoms with van der Waals surface area (Å²) in [7, 11) is 0. The van der Waals surface area contributed by atoms with Crippen molar-refractivity contribution < 1.29 is 0 Å². The second kappa shape index (κ2) is 2.91. The minimum atomic E-state index is 0.123. The van der Waals surface area contributed by atoms with Crippen LogP contribution >= 0.6 is 15.9 Å². The van der Waals surface area contributed by atoms with Crippen LogP contribution in [0.25, 0.3) is 0 Å². The molecule has 2 rings (SSSR count). The third-order valence-electron chi connectivity index (χ3n) is 2.34. The van der Waals surface area contributed by atoms with Gasteiger partial charge in [-0.1, -0.05) is 22.0 Å². The van der Waals surface area contributed by atoms with Gasteiger partial charge in [0.15, 0.2) is 0 Å². The van der Waals surface area contributed by atoms with Crippen molar-refractivity contribution in [1.82, 2.24) is 0 Å². The van der Waals surface area contributed by atoms with E-state index in [1.165, 1.54) is 11.1 Å². The summed E-state index contributed by atoms with van der Waals surface area (Å²) in [6.45, 7) is 0. The van der Waals surface area contributed by atoms with E-state index in [-0.39, 0.29) is 5.92 Å². The Hall–Kier alpha value is -0.810. The van der Waals surface area contributed by atoms with Crippen molar-refractivity contribution in [1.29, 1.82) is 5.26 Å². The molecule has 12 heavy (non-hydrogen) atoms. The molecule has 0 heterocycles. The molecule has 1 aromatic rings. The van der Waals surface area contributed by atoms with Gasteiger partial charge in [0.25, 0.3) is 0 Å². The van der Waals surface area contributed by atoms with Crippen LogP contribution in [0, 0.1) is 11.3 Å². The number of halogens is 1. The highest BCUT2D eigenvalue weighted by Gasteiger charge is 2.21. The van der Waals surface area contributed by atoms with E-state index in [4.69, 9.17) is 5.26 Å². The molecule has 1 atom stereocenters. The van der Waals surface area contributed by atoms with Crippen molar-refractivity contribution in [3.05, 3.63) is 33.8 Å². The molecular formula is C10H8BrN. The molecule has 0 saturated heterocycles. The van der Waals surface area contributed by atoms with Crippen molar-refractivity contribution in [2.75, 3.05) is 0 Å². The lowest BCUT2D eigenvalue weighted by atomic mass is 10.0. The molecule has 1 nitrogen and oxygen atoms in total. The first-order chi connectivity index (χ1) is 5.81. The van der Waals surface area contributed by atoms with Crippen LogP contribution in [0.4, 0.5) is 0 Å². The highest BCUT2D eigenvalue weighted by Crippen LogP contribution is 2.33. The molecule has 1 aliphatic rings. The van der Waals surface area contributed by atoms with Crippen LogP contribution in [0.15, 0.2) is 22.7 Å². The first kappa shape index (κ1) is 7.82. The standard InChI is InChI=1S/C10H8BrN/c11-9-4-3-7-1-2-8(6-12)10(7)5-9/h3-5,8H,1-2H2/t8-/m1/s1. The highest BCUT2D eigenvalue weighted by atomic mass is 79.9. The molecule has 1 aromatic carbocycles. The Morgan fingerprint density at radius 2 is 2.33 bits per heavy atom. The third kappa shape index (κ3) is 1.15. The van der Waals surface area contributed by atoms with E-state index in [1.807, 2.05) is 6.07 Å². The van der Waals surface area contributed by atoms with Crippen molar-refractivity contribution in [3.8, 4) is 6.07 Å². The number of hydrogen-bond donors (Lipinski definition) is 0. The zero-order valence-electron chi connectivity index (χ0n) is 6.55. The number of benzene rings is 1. The van der Waals surface area contributed by atoms with Gasteiger partial charge in [-0.05, 0) is 36.1 Å². The fraction of sp³-hybridized carbons (Fsp3) is 0.300. The normalized spacial score (nSPS) is 20.2. The molecule has 0 amide bonds. The fourth-order valence-electron chi connectivity index (χ4n) is 1.71. The number of rotatable bonds is 0. The minimum Gasteiger partial charge on any atom is -0.198 e. The third-order valence-corrected chi connectivity index (χ3v) is 2.83. The average molecular weight is 222 g/mol. The molecule has 0 N–H and O–H groups in total. The quantitative estimate of drug-likeness (QED) is 0.661. The molecule has 0 spiro atoms. The van der Waals surface area contributed by atoms with Gasteiger partial charge in [-0.25, -0.2) is 0 Å². The average Bonchev–Trinajstić information content (AvgIpc) is 2.46. The van der Waals surface area contributed by atoms with Crippen LogP contribution < -0.4 is 0 Å². The molecule has 0 aromatic heterocycles. The molecule has 0 radical (unpaired) electrons. The van der Waals surface area contributed by atoms with Crippen LogP contribution in [-0.2, 0) is 6.42 Å². The van der Waals surface area contributed by atoms with Gasteiger partial charge in [0.05, 0.1) is 12.0 Å². The second-order valence-corrected chi connectivity index (χ2v) is 3.98. The Bertz CT molecular complexity index is 351. The van der Waals surface area contributed by atoms with E-state index in [0.717, 1.165) is 17.3 Å². The van der Waals surface area contributed by atoms with E-state index in [0.29, 0.717) is 0 Å². The Morgan fingerprint density at radius 1 is 1.50 bits per heavy atom. The number of fused-ring (bicyclic) bond motifs is 1. The van der Waals surface area contributed by atoms with Crippen LogP contribution in [0.3, 0.4) is 0 Å². The monoisotopic (exact) mass is 221 g/mol. The molecule has 0 aliphatic heterocycles. The van der Waals surface area contributed by atoms with E-state index in [2.05, 4.69) is 34.1 Å². The van der Waals surface area contributed by atoms with Gasteiger partial charge in [0.2, 0.25) is 0 Å². The van der Waals surface area contributed by atoms with Crippen molar-refractivity contribution in [3.63, 3.8) is 0 Å². The van der Waals surface area contributed by atoms with Gasteiger partial charge >= 0.3 is 0 Å². The van der Waals surface area contributed by atoms with Gasteiger partial charge in [0.1, 0.15) is 0 Å². The summed E-state index contributed by atoms with van der Waals surface area (Å²) in [5.41, 5.74) is 2.55. The zero-order chi connectivity index (χ0) is 8.55. The molecule has 0 saturated carbocycles. The number of hydrogen-bond acceptors (Lipinski definition) is 1.